The van der Waals surface area contributed by atoms with Crippen LogP contribution in [0.2, 0.25) is 0 Å². The zero-order chi connectivity index (χ0) is 17.4. The number of aromatic amines is 1. The minimum absolute atomic E-state index is 0.0952. The average Bonchev–Trinajstić information content (AvgIpc) is 2.90. The summed E-state index contributed by atoms with van der Waals surface area (Å²) < 4.78 is 12.5. The van der Waals surface area contributed by atoms with E-state index in [0.29, 0.717) is 22.9 Å². The zero-order valence-corrected chi connectivity index (χ0v) is 15.2. The molecule has 0 saturated carbocycles. The smallest absolute Gasteiger partial charge is 0.271 e. The first-order valence-corrected chi connectivity index (χ1v) is 8.62. The molecule has 0 aliphatic carbocycles. The van der Waals surface area contributed by atoms with E-state index in [4.69, 9.17) is 9.47 Å². The van der Waals surface area contributed by atoms with Gasteiger partial charge in [-0.15, -0.1) is 0 Å². The summed E-state index contributed by atoms with van der Waals surface area (Å²) in [7, 11) is 3.21. The van der Waals surface area contributed by atoms with Crippen LogP contribution in [-0.4, -0.2) is 29.0 Å². The molecule has 0 unspecified atom stereocenters. The molecule has 0 bridgehead atoms. The molecular weight excluding hydrogens is 326 g/mol. The minimum Gasteiger partial charge on any atom is -0.493 e. The Kier molecular flexibility index (Phi) is 4.45. The molecule has 1 N–H and O–H groups in total. The number of hydrogen-bond donors (Lipinski definition) is 1. The Morgan fingerprint density at radius 2 is 1.96 bits per heavy atom. The number of nitrogens with one attached hydrogen (secondary N) is 1. The fourth-order valence-corrected chi connectivity index (χ4v) is 3.93. The van der Waals surface area contributed by atoms with Gasteiger partial charge in [-0.05, 0) is 38.5 Å². The number of aliphatic imine (C=N–C) groups is 1. The van der Waals surface area contributed by atoms with E-state index in [1.165, 1.54) is 0 Å². The molecule has 128 valence electrons. The van der Waals surface area contributed by atoms with Gasteiger partial charge in [0, 0.05) is 6.04 Å². The Balaban J connectivity index is 2.15. The molecule has 1 aliphatic rings. The Morgan fingerprint density at radius 3 is 2.58 bits per heavy atom. The van der Waals surface area contributed by atoms with Gasteiger partial charge in [-0.3, -0.25) is 14.6 Å². The third kappa shape index (κ3) is 2.73. The van der Waals surface area contributed by atoms with Gasteiger partial charge in [0.25, 0.3) is 5.56 Å². The largest absolute Gasteiger partial charge is 0.493 e. The van der Waals surface area contributed by atoms with E-state index in [1.807, 2.05) is 43.7 Å². The third-order valence-electron chi connectivity index (χ3n) is 3.98. The second-order valence-electron chi connectivity index (χ2n) is 5.89. The first-order chi connectivity index (χ1) is 11.5. The van der Waals surface area contributed by atoms with Gasteiger partial charge in [0.15, 0.2) is 17.3 Å². The Labute approximate surface area is 144 Å². The standard InChI is InChI=1S/C17H21N3O3S/c1-9(2)20-16-14(17(21)19-20)15(24-10(3)18-16)11-6-7-12(22-4)13(8-11)23-5/h6-9,15H,1-5H3,(H,19,21)/t15-/m0/s1. The summed E-state index contributed by atoms with van der Waals surface area (Å²) in [6.45, 7) is 6.01. The highest BCUT2D eigenvalue weighted by molar-refractivity contribution is 8.14. The zero-order valence-electron chi connectivity index (χ0n) is 14.4. The lowest BCUT2D eigenvalue weighted by molar-refractivity contribution is 0.354. The van der Waals surface area contributed by atoms with Crippen LogP contribution < -0.4 is 15.0 Å². The fourth-order valence-electron chi connectivity index (χ4n) is 2.83. The van der Waals surface area contributed by atoms with Gasteiger partial charge in [-0.1, -0.05) is 17.8 Å². The summed E-state index contributed by atoms with van der Waals surface area (Å²) in [4.78, 5) is 17.1. The van der Waals surface area contributed by atoms with E-state index in [0.717, 1.165) is 10.6 Å². The van der Waals surface area contributed by atoms with Crippen molar-refractivity contribution in [2.24, 2.45) is 4.99 Å². The molecule has 24 heavy (non-hydrogen) atoms. The maximum atomic E-state index is 12.5. The number of hydrogen-bond acceptors (Lipinski definition) is 5. The van der Waals surface area contributed by atoms with Gasteiger partial charge in [-0.2, -0.15) is 0 Å². The summed E-state index contributed by atoms with van der Waals surface area (Å²) in [5.74, 6) is 2.03. The average molecular weight is 347 g/mol. The monoisotopic (exact) mass is 347 g/mol. The first kappa shape index (κ1) is 16.7. The predicted octanol–water partition coefficient (Wildman–Crippen LogP) is 3.66. The summed E-state index contributed by atoms with van der Waals surface area (Å²) in [6, 6.07) is 5.88. The molecule has 3 rings (SSSR count). The van der Waals surface area contributed by atoms with Crippen LogP contribution in [-0.2, 0) is 0 Å². The van der Waals surface area contributed by atoms with Crippen molar-refractivity contribution in [3.8, 4) is 11.5 Å². The molecule has 0 spiro atoms. The van der Waals surface area contributed by atoms with E-state index in [1.54, 1.807) is 26.0 Å². The highest BCUT2D eigenvalue weighted by Crippen LogP contribution is 2.45. The number of fused-ring (bicyclic) bond motifs is 1. The van der Waals surface area contributed by atoms with Crippen molar-refractivity contribution in [1.82, 2.24) is 9.78 Å². The molecule has 6 nitrogen and oxygen atoms in total. The van der Waals surface area contributed by atoms with Crippen LogP contribution in [0.3, 0.4) is 0 Å². The second-order valence-corrected chi connectivity index (χ2v) is 7.18. The van der Waals surface area contributed by atoms with E-state index < -0.39 is 0 Å². The normalized spacial score (nSPS) is 16.8. The van der Waals surface area contributed by atoms with Crippen LogP contribution in [0.4, 0.5) is 5.82 Å². The molecule has 1 aromatic carbocycles. The van der Waals surface area contributed by atoms with Crippen molar-refractivity contribution < 1.29 is 9.47 Å². The van der Waals surface area contributed by atoms with E-state index in [9.17, 15) is 4.79 Å². The molecule has 2 aromatic rings. The number of thioether (sulfide) groups is 1. The van der Waals surface area contributed by atoms with Crippen LogP contribution in [0, 0.1) is 0 Å². The van der Waals surface area contributed by atoms with Crippen LogP contribution in [0.1, 0.15) is 43.2 Å². The van der Waals surface area contributed by atoms with Crippen molar-refractivity contribution in [2.45, 2.75) is 32.1 Å². The van der Waals surface area contributed by atoms with Gasteiger partial charge >= 0.3 is 0 Å². The molecule has 0 radical (unpaired) electrons. The number of nitrogens with zero attached hydrogens (tertiary/aromatic N) is 2. The van der Waals surface area contributed by atoms with Crippen molar-refractivity contribution in [2.75, 3.05) is 14.2 Å². The molecular formula is C17H21N3O3S. The molecule has 1 aromatic heterocycles. The number of ether oxygens (including phenoxy) is 2. The number of rotatable bonds is 4. The van der Waals surface area contributed by atoms with Gasteiger partial charge < -0.3 is 9.47 Å². The molecule has 7 heteroatoms. The van der Waals surface area contributed by atoms with E-state index in [-0.39, 0.29) is 16.9 Å². The van der Waals surface area contributed by atoms with Crippen molar-refractivity contribution in [3.63, 3.8) is 0 Å². The molecule has 0 amide bonds. The lowest BCUT2D eigenvalue weighted by Crippen LogP contribution is -2.13. The Morgan fingerprint density at radius 1 is 1.25 bits per heavy atom. The quantitative estimate of drug-likeness (QED) is 0.916. The minimum atomic E-state index is -0.124. The van der Waals surface area contributed by atoms with Gasteiger partial charge in [0.2, 0.25) is 0 Å². The Hall–Kier alpha value is -2.15. The number of benzene rings is 1. The summed E-state index contributed by atoms with van der Waals surface area (Å²) >= 11 is 1.57. The number of H-pyrrole nitrogens is 1. The SMILES string of the molecule is COc1ccc([C@@H]2SC(C)=Nc3c2c(=O)[nH]n3C(C)C)cc1OC. The summed E-state index contributed by atoms with van der Waals surface area (Å²) in [5.41, 5.74) is 1.58. The van der Waals surface area contributed by atoms with Gasteiger partial charge in [0.05, 0.1) is 30.1 Å². The first-order valence-electron chi connectivity index (χ1n) is 7.74. The molecule has 2 heterocycles. The molecule has 0 fully saturated rings. The summed E-state index contributed by atoms with van der Waals surface area (Å²) in [6.07, 6.45) is 0. The Bertz CT molecular complexity index is 851. The lowest BCUT2D eigenvalue weighted by atomic mass is 10.1. The number of methoxy groups -OCH3 is 2. The molecule has 0 saturated heterocycles. The van der Waals surface area contributed by atoms with Crippen LogP contribution in [0.25, 0.3) is 0 Å². The van der Waals surface area contributed by atoms with Crippen LogP contribution in [0.15, 0.2) is 28.0 Å². The second kappa shape index (κ2) is 6.39. The fraction of sp³-hybridized carbons (Fsp3) is 0.412. The van der Waals surface area contributed by atoms with Crippen molar-refractivity contribution >= 4 is 22.6 Å². The van der Waals surface area contributed by atoms with Gasteiger partial charge in [0.1, 0.15) is 0 Å². The summed E-state index contributed by atoms with van der Waals surface area (Å²) in [5, 5.41) is 3.71. The van der Waals surface area contributed by atoms with E-state index >= 15 is 0 Å². The lowest BCUT2D eigenvalue weighted by Gasteiger charge is -2.22. The highest BCUT2D eigenvalue weighted by Gasteiger charge is 2.31. The maximum absolute atomic E-state index is 12.5. The number of aromatic nitrogens is 2. The third-order valence-corrected chi connectivity index (χ3v) is 5.15. The van der Waals surface area contributed by atoms with Crippen molar-refractivity contribution in [1.29, 1.82) is 0 Å². The van der Waals surface area contributed by atoms with E-state index in [2.05, 4.69) is 10.1 Å². The highest BCUT2D eigenvalue weighted by atomic mass is 32.2. The van der Waals surface area contributed by atoms with Gasteiger partial charge in [-0.25, -0.2) is 4.99 Å². The van der Waals surface area contributed by atoms with Crippen molar-refractivity contribution in [3.05, 3.63) is 39.7 Å². The maximum Gasteiger partial charge on any atom is 0.271 e. The van der Waals surface area contributed by atoms with Crippen LogP contribution >= 0.6 is 11.8 Å². The van der Waals surface area contributed by atoms with Crippen LogP contribution in [0.5, 0.6) is 11.5 Å². The topological polar surface area (TPSA) is 68.6 Å². The predicted molar refractivity (Wildman–Crippen MR) is 97.2 cm³/mol. The molecule has 1 aliphatic heterocycles. The molecule has 1 atom stereocenters.